The fourth-order valence-electron chi connectivity index (χ4n) is 3.62. The maximum atomic E-state index is 6.21. The zero-order valence-electron chi connectivity index (χ0n) is 11.6. The first-order valence-corrected chi connectivity index (χ1v) is 7.85. The number of rotatable bonds is 4. The van der Waals surface area contributed by atoms with Gasteiger partial charge in [0.25, 0.3) is 0 Å². The van der Waals surface area contributed by atoms with Crippen LogP contribution in [-0.2, 0) is 6.42 Å². The molecule has 0 spiro atoms. The van der Waals surface area contributed by atoms with Crippen LogP contribution in [0.4, 0.5) is 5.69 Å². The third kappa shape index (κ3) is 2.61. The molecule has 2 bridgehead atoms. The molecule has 2 aliphatic rings. The third-order valence-electron chi connectivity index (χ3n) is 4.77. The molecule has 0 radical (unpaired) electrons. The number of fused-ring (bicyclic) bond motifs is 2. The summed E-state index contributed by atoms with van der Waals surface area (Å²) in [5.41, 5.74) is 8.84. The molecule has 0 aromatic heterocycles. The predicted octanol–water partition coefficient (Wildman–Crippen LogP) is 3.61. The number of piperidine rings is 1. The summed E-state index contributed by atoms with van der Waals surface area (Å²) in [6.45, 7) is 3.36. The van der Waals surface area contributed by atoms with Crippen molar-refractivity contribution in [1.82, 2.24) is 0 Å². The van der Waals surface area contributed by atoms with Crippen LogP contribution < -0.4 is 10.6 Å². The van der Waals surface area contributed by atoms with Gasteiger partial charge in [0.2, 0.25) is 0 Å². The molecule has 3 atom stereocenters. The van der Waals surface area contributed by atoms with Crippen molar-refractivity contribution in [3.8, 4) is 0 Å². The van der Waals surface area contributed by atoms with Gasteiger partial charge in [-0.15, -0.1) is 0 Å². The minimum absolute atomic E-state index is 0.250. The first-order valence-electron chi connectivity index (χ1n) is 7.48. The van der Waals surface area contributed by atoms with Crippen LogP contribution in [0.1, 0.15) is 38.2 Å². The molecular weight excluding hydrogens is 256 g/mol. The van der Waals surface area contributed by atoms with E-state index >= 15 is 0 Å². The molecule has 2 nitrogen and oxygen atoms in total. The Kier molecular flexibility index (Phi) is 3.72. The van der Waals surface area contributed by atoms with Gasteiger partial charge in [-0.3, -0.25) is 0 Å². The number of nitrogens with two attached hydrogens (primary N) is 1. The van der Waals surface area contributed by atoms with Crippen molar-refractivity contribution in [1.29, 1.82) is 0 Å². The minimum Gasteiger partial charge on any atom is -0.368 e. The van der Waals surface area contributed by atoms with Crippen LogP contribution in [0.2, 0.25) is 5.02 Å². The highest BCUT2D eigenvalue weighted by atomic mass is 35.5. The summed E-state index contributed by atoms with van der Waals surface area (Å²) in [5, 5.41) is 0.839. The average Bonchev–Trinajstić information content (AvgIpc) is 3.03. The summed E-state index contributed by atoms with van der Waals surface area (Å²) in [4.78, 5) is 2.58. The molecule has 1 saturated carbocycles. The third-order valence-corrected chi connectivity index (χ3v) is 5.01. The summed E-state index contributed by atoms with van der Waals surface area (Å²) in [6, 6.07) is 7.29. The van der Waals surface area contributed by atoms with Crippen molar-refractivity contribution in [2.75, 3.05) is 11.4 Å². The van der Waals surface area contributed by atoms with E-state index in [2.05, 4.69) is 24.0 Å². The molecule has 2 fully saturated rings. The zero-order chi connectivity index (χ0) is 13.4. The lowest BCUT2D eigenvalue weighted by atomic mass is 10.0. The second-order valence-electron chi connectivity index (χ2n) is 6.13. The number of halogens is 1. The predicted molar refractivity (Wildman–Crippen MR) is 81.9 cm³/mol. The first kappa shape index (κ1) is 13.3. The summed E-state index contributed by atoms with van der Waals surface area (Å²) >= 11 is 6.21. The normalized spacial score (nSPS) is 27.0. The van der Waals surface area contributed by atoms with Gasteiger partial charge in [0, 0.05) is 29.3 Å². The molecule has 19 heavy (non-hydrogen) atoms. The van der Waals surface area contributed by atoms with E-state index in [1.54, 1.807) is 0 Å². The fourth-order valence-corrected chi connectivity index (χ4v) is 3.79. The highest BCUT2D eigenvalue weighted by Gasteiger charge is 2.38. The molecule has 1 aliphatic heterocycles. The largest absolute Gasteiger partial charge is 0.368 e. The maximum Gasteiger partial charge on any atom is 0.0426 e. The van der Waals surface area contributed by atoms with Gasteiger partial charge in [-0.2, -0.15) is 0 Å². The first-order chi connectivity index (χ1) is 9.17. The van der Waals surface area contributed by atoms with Crippen LogP contribution in [0.25, 0.3) is 0 Å². The quantitative estimate of drug-likeness (QED) is 0.912. The summed E-state index contributed by atoms with van der Waals surface area (Å²) in [7, 11) is 0. The molecule has 3 heteroatoms. The second kappa shape index (κ2) is 5.34. The van der Waals surface area contributed by atoms with Crippen molar-refractivity contribution in [2.45, 2.75) is 51.1 Å². The Balaban J connectivity index is 1.88. The Morgan fingerprint density at radius 3 is 2.89 bits per heavy atom. The molecule has 1 aromatic carbocycles. The summed E-state index contributed by atoms with van der Waals surface area (Å²) < 4.78 is 0. The SMILES string of the molecule is CCC(N)Cc1ccc(Cl)cc1N1CC2CCC1C2. The van der Waals surface area contributed by atoms with Gasteiger partial charge < -0.3 is 10.6 Å². The standard InChI is InChI=1S/C16H23ClN2/c1-2-14(18)8-12-4-5-13(17)9-16(12)19-10-11-3-6-15(19)7-11/h4-5,9,11,14-15H,2-3,6-8,10,18H2,1H3. The molecule has 1 aromatic rings. The van der Waals surface area contributed by atoms with Crippen LogP contribution in [0.5, 0.6) is 0 Å². The highest BCUT2D eigenvalue weighted by molar-refractivity contribution is 6.30. The van der Waals surface area contributed by atoms with Crippen LogP contribution in [0.15, 0.2) is 18.2 Å². The lowest BCUT2D eigenvalue weighted by Gasteiger charge is -2.31. The van der Waals surface area contributed by atoms with Crippen LogP contribution >= 0.6 is 11.6 Å². The Hall–Kier alpha value is -0.730. The number of anilines is 1. The number of hydrogen-bond donors (Lipinski definition) is 1. The lowest BCUT2D eigenvalue weighted by molar-refractivity contribution is 0.551. The average molecular weight is 279 g/mol. The van der Waals surface area contributed by atoms with Crippen LogP contribution in [0.3, 0.4) is 0 Å². The van der Waals surface area contributed by atoms with Gasteiger partial charge >= 0.3 is 0 Å². The van der Waals surface area contributed by atoms with Crippen molar-refractivity contribution >= 4 is 17.3 Å². The maximum absolute atomic E-state index is 6.21. The lowest BCUT2D eigenvalue weighted by Crippen LogP contribution is -2.33. The Bertz CT molecular complexity index is 460. The van der Waals surface area contributed by atoms with Crippen molar-refractivity contribution < 1.29 is 0 Å². The van der Waals surface area contributed by atoms with Gasteiger partial charge in [0.1, 0.15) is 0 Å². The van der Waals surface area contributed by atoms with E-state index in [0.717, 1.165) is 29.8 Å². The van der Waals surface area contributed by atoms with E-state index in [9.17, 15) is 0 Å². The summed E-state index contributed by atoms with van der Waals surface area (Å²) in [6.07, 6.45) is 6.10. The van der Waals surface area contributed by atoms with Gasteiger partial charge in [-0.1, -0.05) is 24.6 Å². The molecule has 2 N–H and O–H groups in total. The molecule has 1 heterocycles. The van der Waals surface area contributed by atoms with E-state index < -0.39 is 0 Å². The molecule has 3 rings (SSSR count). The van der Waals surface area contributed by atoms with E-state index in [1.165, 1.54) is 37.1 Å². The Morgan fingerprint density at radius 2 is 2.26 bits per heavy atom. The molecule has 0 amide bonds. The van der Waals surface area contributed by atoms with Crippen molar-refractivity contribution in [3.05, 3.63) is 28.8 Å². The second-order valence-corrected chi connectivity index (χ2v) is 6.57. The van der Waals surface area contributed by atoms with E-state index in [-0.39, 0.29) is 6.04 Å². The van der Waals surface area contributed by atoms with E-state index in [0.29, 0.717) is 0 Å². The van der Waals surface area contributed by atoms with Gasteiger partial charge in [0.05, 0.1) is 0 Å². The van der Waals surface area contributed by atoms with Crippen molar-refractivity contribution in [3.63, 3.8) is 0 Å². The van der Waals surface area contributed by atoms with Crippen LogP contribution in [0, 0.1) is 5.92 Å². The number of hydrogen-bond acceptors (Lipinski definition) is 2. The summed E-state index contributed by atoms with van der Waals surface area (Å²) in [5.74, 6) is 0.900. The minimum atomic E-state index is 0.250. The smallest absolute Gasteiger partial charge is 0.0426 e. The highest BCUT2D eigenvalue weighted by Crippen LogP contribution is 2.42. The Labute approximate surface area is 120 Å². The number of nitrogens with zero attached hydrogens (tertiary/aromatic N) is 1. The number of benzene rings is 1. The monoisotopic (exact) mass is 278 g/mol. The topological polar surface area (TPSA) is 29.3 Å². The molecular formula is C16H23ClN2. The molecule has 104 valence electrons. The van der Waals surface area contributed by atoms with Gasteiger partial charge in [0.15, 0.2) is 0 Å². The van der Waals surface area contributed by atoms with Gasteiger partial charge in [-0.05, 0) is 55.7 Å². The molecule has 1 saturated heterocycles. The van der Waals surface area contributed by atoms with Gasteiger partial charge in [-0.25, -0.2) is 0 Å². The molecule has 3 unspecified atom stereocenters. The zero-order valence-corrected chi connectivity index (χ0v) is 12.4. The fraction of sp³-hybridized carbons (Fsp3) is 0.625. The van der Waals surface area contributed by atoms with Crippen molar-refractivity contribution in [2.24, 2.45) is 11.7 Å². The van der Waals surface area contributed by atoms with E-state index in [4.69, 9.17) is 17.3 Å². The van der Waals surface area contributed by atoms with E-state index in [1.807, 2.05) is 6.07 Å². The van der Waals surface area contributed by atoms with Crippen LogP contribution in [-0.4, -0.2) is 18.6 Å². The molecule has 1 aliphatic carbocycles. The Morgan fingerprint density at radius 1 is 1.42 bits per heavy atom.